The molecule has 90 valence electrons. The van der Waals surface area contributed by atoms with Gasteiger partial charge in [-0.15, -0.1) is 0 Å². The zero-order chi connectivity index (χ0) is 11.7. The lowest BCUT2D eigenvalue weighted by molar-refractivity contribution is -0.163. The second-order valence-corrected chi connectivity index (χ2v) is 4.11. The van der Waals surface area contributed by atoms with Gasteiger partial charge in [0.15, 0.2) is 5.76 Å². The molecule has 5 nitrogen and oxygen atoms in total. The van der Waals surface area contributed by atoms with Crippen molar-refractivity contribution in [2.24, 2.45) is 0 Å². The molecule has 0 saturated carbocycles. The standard InChI is InChI=1S/C12H14N2O3/c1-12(15-7-8-16-12)11-4-3-10(17-11)9-14-6-2-5-13-14/h2-6H,7-9H2,1H3. The minimum absolute atomic E-state index is 0.603. The van der Waals surface area contributed by atoms with E-state index < -0.39 is 5.79 Å². The first-order chi connectivity index (χ1) is 8.26. The Hall–Kier alpha value is -1.59. The van der Waals surface area contributed by atoms with Crippen molar-refractivity contribution in [3.63, 3.8) is 0 Å². The summed E-state index contributed by atoms with van der Waals surface area (Å²) in [6.07, 6.45) is 3.64. The second-order valence-electron chi connectivity index (χ2n) is 4.11. The molecule has 1 aliphatic rings. The molecule has 2 aromatic rings. The van der Waals surface area contributed by atoms with Crippen LogP contribution in [-0.2, 0) is 21.8 Å². The number of furan rings is 1. The van der Waals surface area contributed by atoms with Gasteiger partial charge in [0.2, 0.25) is 5.79 Å². The fourth-order valence-electron chi connectivity index (χ4n) is 1.92. The number of nitrogens with zero attached hydrogens (tertiary/aromatic N) is 2. The molecule has 3 heterocycles. The summed E-state index contributed by atoms with van der Waals surface area (Å²) < 4.78 is 18.6. The molecule has 0 aliphatic carbocycles. The highest BCUT2D eigenvalue weighted by molar-refractivity contribution is 5.12. The lowest BCUT2D eigenvalue weighted by Crippen LogP contribution is -2.21. The largest absolute Gasteiger partial charge is 0.458 e. The third-order valence-electron chi connectivity index (χ3n) is 2.82. The van der Waals surface area contributed by atoms with Crippen LogP contribution in [0.3, 0.4) is 0 Å². The first kappa shape index (κ1) is 10.6. The van der Waals surface area contributed by atoms with E-state index in [1.807, 2.05) is 31.3 Å². The minimum Gasteiger partial charge on any atom is -0.458 e. The van der Waals surface area contributed by atoms with Crippen LogP contribution in [0.2, 0.25) is 0 Å². The molecule has 1 aliphatic heterocycles. The highest BCUT2D eigenvalue weighted by Gasteiger charge is 2.36. The lowest BCUT2D eigenvalue weighted by Gasteiger charge is -2.18. The summed E-state index contributed by atoms with van der Waals surface area (Å²) in [5.41, 5.74) is 0. The van der Waals surface area contributed by atoms with Crippen molar-refractivity contribution in [3.05, 3.63) is 42.1 Å². The normalized spacial score (nSPS) is 18.6. The summed E-state index contributed by atoms with van der Waals surface area (Å²) in [5.74, 6) is 0.809. The van der Waals surface area contributed by atoms with E-state index in [1.54, 1.807) is 10.9 Å². The third kappa shape index (κ3) is 1.99. The van der Waals surface area contributed by atoms with Gasteiger partial charge in [0.1, 0.15) is 5.76 Å². The average Bonchev–Trinajstić information content (AvgIpc) is 3.00. The molecule has 0 unspecified atom stereocenters. The summed E-state index contributed by atoms with van der Waals surface area (Å²) in [4.78, 5) is 0. The molecule has 3 rings (SSSR count). The van der Waals surface area contributed by atoms with Crippen molar-refractivity contribution >= 4 is 0 Å². The molecule has 17 heavy (non-hydrogen) atoms. The molecule has 2 aromatic heterocycles. The van der Waals surface area contributed by atoms with Crippen molar-refractivity contribution < 1.29 is 13.9 Å². The molecule has 0 bridgehead atoms. The molecule has 0 atom stereocenters. The van der Waals surface area contributed by atoms with Gasteiger partial charge in [-0.1, -0.05) is 0 Å². The first-order valence-electron chi connectivity index (χ1n) is 5.61. The molecule has 5 heteroatoms. The van der Waals surface area contributed by atoms with Gasteiger partial charge < -0.3 is 13.9 Å². The number of ether oxygens (including phenoxy) is 2. The fourth-order valence-corrected chi connectivity index (χ4v) is 1.92. The Kier molecular flexibility index (Phi) is 2.49. The van der Waals surface area contributed by atoms with Crippen LogP contribution >= 0.6 is 0 Å². The van der Waals surface area contributed by atoms with Gasteiger partial charge in [-0.3, -0.25) is 4.68 Å². The van der Waals surface area contributed by atoms with Crippen molar-refractivity contribution in [1.82, 2.24) is 9.78 Å². The minimum atomic E-state index is -0.734. The molecule has 0 radical (unpaired) electrons. The van der Waals surface area contributed by atoms with E-state index >= 15 is 0 Å². The summed E-state index contributed by atoms with van der Waals surface area (Å²) in [7, 11) is 0. The smallest absolute Gasteiger partial charge is 0.225 e. The Balaban J connectivity index is 1.78. The van der Waals surface area contributed by atoms with Crippen LogP contribution in [0.25, 0.3) is 0 Å². The van der Waals surface area contributed by atoms with Crippen molar-refractivity contribution in [2.75, 3.05) is 13.2 Å². The predicted octanol–water partition coefficient (Wildman–Crippen LogP) is 1.74. The van der Waals surface area contributed by atoms with Crippen LogP contribution in [-0.4, -0.2) is 23.0 Å². The van der Waals surface area contributed by atoms with Crippen LogP contribution in [0.15, 0.2) is 35.0 Å². The SMILES string of the molecule is CC1(c2ccc(Cn3cccn3)o2)OCCO1. The van der Waals surface area contributed by atoms with Crippen molar-refractivity contribution in [1.29, 1.82) is 0 Å². The van der Waals surface area contributed by atoms with Gasteiger partial charge in [-0.05, 0) is 25.1 Å². The van der Waals surface area contributed by atoms with Crippen LogP contribution in [0.1, 0.15) is 18.4 Å². The van der Waals surface area contributed by atoms with Crippen molar-refractivity contribution in [3.8, 4) is 0 Å². The Bertz CT molecular complexity index is 484. The highest BCUT2D eigenvalue weighted by Crippen LogP contribution is 2.32. The van der Waals surface area contributed by atoms with Crippen LogP contribution < -0.4 is 0 Å². The summed E-state index contributed by atoms with van der Waals surface area (Å²) in [6, 6.07) is 5.70. The maximum absolute atomic E-state index is 5.73. The van der Waals surface area contributed by atoms with Gasteiger partial charge in [0.05, 0.1) is 19.8 Å². The molecule has 0 aromatic carbocycles. The monoisotopic (exact) mass is 234 g/mol. The quantitative estimate of drug-likeness (QED) is 0.811. The molecule has 1 fully saturated rings. The Morgan fingerprint density at radius 3 is 2.88 bits per heavy atom. The maximum atomic E-state index is 5.73. The average molecular weight is 234 g/mol. The van der Waals surface area contributed by atoms with Gasteiger partial charge in [0, 0.05) is 12.4 Å². The van der Waals surface area contributed by atoms with E-state index in [4.69, 9.17) is 13.9 Å². The van der Waals surface area contributed by atoms with Crippen LogP contribution in [0, 0.1) is 0 Å². The second kappa shape index (κ2) is 4.01. The first-order valence-corrected chi connectivity index (χ1v) is 5.61. The molecular weight excluding hydrogens is 220 g/mol. The number of hydrogen-bond donors (Lipinski definition) is 0. The third-order valence-corrected chi connectivity index (χ3v) is 2.82. The maximum Gasteiger partial charge on any atom is 0.225 e. The van der Waals surface area contributed by atoms with E-state index in [-0.39, 0.29) is 0 Å². The van der Waals surface area contributed by atoms with E-state index in [0.717, 1.165) is 5.76 Å². The van der Waals surface area contributed by atoms with Gasteiger partial charge >= 0.3 is 0 Å². The van der Waals surface area contributed by atoms with Gasteiger partial charge in [0.25, 0.3) is 0 Å². The van der Waals surface area contributed by atoms with Crippen LogP contribution in [0.4, 0.5) is 0 Å². The Morgan fingerprint density at radius 1 is 1.35 bits per heavy atom. The number of aromatic nitrogens is 2. The molecule has 0 N–H and O–H groups in total. The van der Waals surface area contributed by atoms with E-state index in [1.165, 1.54) is 0 Å². The molecule has 0 amide bonds. The lowest BCUT2D eigenvalue weighted by atomic mass is 10.2. The van der Waals surface area contributed by atoms with Crippen molar-refractivity contribution in [2.45, 2.75) is 19.3 Å². The van der Waals surface area contributed by atoms with Gasteiger partial charge in [-0.2, -0.15) is 5.10 Å². The fraction of sp³-hybridized carbons (Fsp3) is 0.417. The van der Waals surface area contributed by atoms with E-state index in [2.05, 4.69) is 5.10 Å². The van der Waals surface area contributed by atoms with Gasteiger partial charge in [-0.25, -0.2) is 0 Å². The molecule has 1 saturated heterocycles. The molecule has 0 spiro atoms. The zero-order valence-corrected chi connectivity index (χ0v) is 9.63. The highest BCUT2D eigenvalue weighted by atomic mass is 16.7. The Labute approximate surface area is 98.9 Å². The van der Waals surface area contributed by atoms with E-state index in [9.17, 15) is 0 Å². The zero-order valence-electron chi connectivity index (χ0n) is 9.63. The van der Waals surface area contributed by atoms with E-state index in [0.29, 0.717) is 25.5 Å². The summed E-state index contributed by atoms with van der Waals surface area (Å²) in [5, 5.41) is 4.13. The summed E-state index contributed by atoms with van der Waals surface area (Å²) >= 11 is 0. The summed E-state index contributed by atoms with van der Waals surface area (Å²) in [6.45, 7) is 3.69. The van der Waals surface area contributed by atoms with Crippen LogP contribution in [0.5, 0.6) is 0 Å². The topological polar surface area (TPSA) is 49.4 Å². The number of hydrogen-bond acceptors (Lipinski definition) is 4. The molecular formula is C12H14N2O3. The number of rotatable bonds is 3. The predicted molar refractivity (Wildman–Crippen MR) is 59.3 cm³/mol. The Morgan fingerprint density at radius 2 is 2.18 bits per heavy atom.